The number of alkyl carbamates (subject to hydrolysis) is 1. The summed E-state index contributed by atoms with van der Waals surface area (Å²) in [5, 5.41) is 25.1. The second kappa shape index (κ2) is 14.5. The highest BCUT2D eigenvalue weighted by molar-refractivity contribution is 5.98. The van der Waals surface area contributed by atoms with Gasteiger partial charge >= 0.3 is 12.2 Å². The van der Waals surface area contributed by atoms with Gasteiger partial charge in [0.05, 0.1) is 32.4 Å². The number of carboxylic acid groups (broad SMARTS) is 1. The molecule has 0 unspecified atom stereocenters. The molecule has 0 spiro atoms. The van der Waals surface area contributed by atoms with E-state index in [1.54, 1.807) is 19.1 Å². The van der Waals surface area contributed by atoms with Crippen LogP contribution in [0.5, 0.6) is 0 Å². The fraction of sp³-hybridized carbons (Fsp3) is 0.344. The average Bonchev–Trinajstić information content (AvgIpc) is 3.01. The molecule has 1 heterocycles. The van der Waals surface area contributed by atoms with Crippen LogP contribution in [0.3, 0.4) is 0 Å². The highest BCUT2D eigenvalue weighted by Gasteiger charge is 2.37. The number of aliphatic hydroxyl groups excluding tert-OH is 1. The molecule has 3 amide bonds. The Labute approximate surface area is 245 Å². The summed E-state index contributed by atoms with van der Waals surface area (Å²) >= 11 is 0. The van der Waals surface area contributed by atoms with E-state index in [1.165, 1.54) is 12.0 Å². The van der Waals surface area contributed by atoms with Gasteiger partial charge in [-0.15, -0.1) is 0 Å². The van der Waals surface area contributed by atoms with Crippen LogP contribution in [0.15, 0.2) is 84.9 Å². The molecule has 42 heavy (non-hydrogen) atoms. The fourth-order valence-electron chi connectivity index (χ4n) is 5.37. The number of aliphatic hydroxyl groups is 1. The van der Waals surface area contributed by atoms with Gasteiger partial charge < -0.3 is 35.2 Å². The Morgan fingerprint density at radius 2 is 1.57 bits per heavy atom. The van der Waals surface area contributed by atoms with Gasteiger partial charge in [0.15, 0.2) is 0 Å². The van der Waals surface area contributed by atoms with Crippen LogP contribution in [0.1, 0.15) is 36.0 Å². The standard InChI is InChI=1S/C32H37N3O7/c1-21-27(20-36)42-25(19-35(21)32(39)40)18-17-22-11-9-10-16-26(22)33-30(37)29(34-31(38)41-2)28(23-12-5-3-6-13-23)24-14-7-4-8-15-24/h3-16,21,25,27-29,36H,17-20H2,1-2H3,(H,33,37)(H,34,38)(H,39,40)/t21-,25-,27-,29+/m1/s1. The second-order valence-electron chi connectivity index (χ2n) is 10.3. The van der Waals surface area contributed by atoms with Gasteiger partial charge in [-0.2, -0.15) is 0 Å². The molecule has 10 heteroatoms. The minimum atomic E-state index is -1.06. The summed E-state index contributed by atoms with van der Waals surface area (Å²) in [6.07, 6.45) is -1.87. The lowest BCUT2D eigenvalue weighted by molar-refractivity contribution is -0.123. The summed E-state index contributed by atoms with van der Waals surface area (Å²) in [5.74, 6) is -0.931. The van der Waals surface area contributed by atoms with Crippen LogP contribution in [-0.2, 0) is 20.7 Å². The first kappa shape index (κ1) is 30.5. The molecule has 0 aliphatic carbocycles. The van der Waals surface area contributed by atoms with E-state index in [0.717, 1.165) is 16.7 Å². The van der Waals surface area contributed by atoms with Crippen molar-refractivity contribution in [2.75, 3.05) is 25.6 Å². The minimum Gasteiger partial charge on any atom is -0.465 e. The molecule has 3 aromatic rings. The molecule has 0 saturated carbocycles. The molecule has 3 aromatic carbocycles. The van der Waals surface area contributed by atoms with Crippen LogP contribution in [-0.4, -0.2) is 77.8 Å². The van der Waals surface area contributed by atoms with Crippen molar-refractivity contribution in [1.82, 2.24) is 10.2 Å². The van der Waals surface area contributed by atoms with Crippen LogP contribution in [0.2, 0.25) is 0 Å². The van der Waals surface area contributed by atoms with Crippen LogP contribution >= 0.6 is 0 Å². The Kier molecular flexibility index (Phi) is 10.5. The average molecular weight is 576 g/mol. The SMILES string of the molecule is COC(=O)N[C@H](C(=O)Nc1ccccc1CC[C@@H]1CN(C(=O)O)[C@H](C)[C@@H](CO)O1)C(c1ccccc1)c1ccccc1. The Bertz CT molecular complexity index is 1300. The van der Waals surface area contributed by atoms with Crippen LogP contribution in [0.25, 0.3) is 0 Å². The molecule has 1 aliphatic heterocycles. The molecular formula is C32H37N3O7. The lowest BCUT2D eigenvalue weighted by Crippen LogP contribution is -2.56. The Morgan fingerprint density at radius 1 is 0.976 bits per heavy atom. The Morgan fingerprint density at radius 3 is 2.14 bits per heavy atom. The summed E-state index contributed by atoms with van der Waals surface area (Å²) in [7, 11) is 1.25. The molecule has 10 nitrogen and oxygen atoms in total. The number of benzene rings is 3. The van der Waals surface area contributed by atoms with E-state index in [9.17, 15) is 24.6 Å². The number of para-hydroxylation sites is 1. The van der Waals surface area contributed by atoms with Crippen molar-refractivity contribution < 1.29 is 34.1 Å². The zero-order valence-corrected chi connectivity index (χ0v) is 23.7. The molecule has 0 bridgehead atoms. The summed E-state index contributed by atoms with van der Waals surface area (Å²) in [6, 6.07) is 24.8. The Balaban J connectivity index is 1.57. The highest BCUT2D eigenvalue weighted by Crippen LogP contribution is 2.30. The van der Waals surface area contributed by atoms with Crippen molar-refractivity contribution in [1.29, 1.82) is 0 Å². The number of hydrogen-bond acceptors (Lipinski definition) is 6. The summed E-state index contributed by atoms with van der Waals surface area (Å²) in [4.78, 5) is 39.4. The van der Waals surface area contributed by atoms with Gasteiger partial charge in [-0.25, -0.2) is 9.59 Å². The molecule has 4 N–H and O–H groups in total. The lowest BCUT2D eigenvalue weighted by Gasteiger charge is -2.41. The number of ether oxygens (including phenoxy) is 2. The number of morpholine rings is 1. The smallest absolute Gasteiger partial charge is 0.407 e. The van der Waals surface area contributed by atoms with Crippen LogP contribution in [0, 0.1) is 0 Å². The van der Waals surface area contributed by atoms with Crippen molar-refractivity contribution in [2.45, 2.75) is 50.0 Å². The second-order valence-corrected chi connectivity index (χ2v) is 10.3. The predicted octanol–water partition coefficient (Wildman–Crippen LogP) is 4.24. The molecule has 0 aromatic heterocycles. The van der Waals surface area contributed by atoms with Gasteiger partial charge in [0.25, 0.3) is 0 Å². The van der Waals surface area contributed by atoms with Crippen molar-refractivity contribution in [2.24, 2.45) is 0 Å². The molecular weight excluding hydrogens is 538 g/mol. The van der Waals surface area contributed by atoms with Crippen molar-refractivity contribution in [3.05, 3.63) is 102 Å². The number of hydrogen-bond donors (Lipinski definition) is 4. The number of aryl methyl sites for hydroxylation is 1. The monoisotopic (exact) mass is 575 g/mol. The van der Waals surface area contributed by atoms with E-state index in [1.807, 2.05) is 72.8 Å². The normalized spacial score (nSPS) is 19.1. The van der Waals surface area contributed by atoms with E-state index in [0.29, 0.717) is 18.5 Å². The lowest BCUT2D eigenvalue weighted by atomic mass is 9.84. The molecule has 0 radical (unpaired) electrons. The zero-order valence-electron chi connectivity index (χ0n) is 23.7. The number of rotatable bonds is 10. The summed E-state index contributed by atoms with van der Waals surface area (Å²) in [6.45, 7) is 1.61. The van der Waals surface area contributed by atoms with E-state index >= 15 is 0 Å². The number of nitrogens with one attached hydrogen (secondary N) is 2. The van der Waals surface area contributed by atoms with Gasteiger partial charge in [0, 0.05) is 11.6 Å². The summed E-state index contributed by atoms with van der Waals surface area (Å²) in [5.41, 5.74) is 3.08. The first-order valence-corrected chi connectivity index (χ1v) is 13.9. The van der Waals surface area contributed by atoms with E-state index < -0.39 is 48.3 Å². The quantitative estimate of drug-likeness (QED) is 0.284. The number of carbonyl (C=O) groups excluding carboxylic acids is 2. The molecule has 4 rings (SSSR count). The first-order valence-electron chi connectivity index (χ1n) is 13.9. The van der Waals surface area contributed by atoms with Gasteiger partial charge in [-0.05, 0) is 42.5 Å². The maximum absolute atomic E-state index is 13.9. The number of amides is 3. The third kappa shape index (κ3) is 7.45. The van der Waals surface area contributed by atoms with Gasteiger partial charge in [-0.1, -0.05) is 78.9 Å². The van der Waals surface area contributed by atoms with E-state index in [-0.39, 0.29) is 13.2 Å². The largest absolute Gasteiger partial charge is 0.465 e. The van der Waals surface area contributed by atoms with Crippen LogP contribution in [0.4, 0.5) is 15.3 Å². The molecule has 1 saturated heterocycles. The van der Waals surface area contributed by atoms with Gasteiger partial charge in [0.2, 0.25) is 5.91 Å². The fourth-order valence-corrected chi connectivity index (χ4v) is 5.37. The molecule has 4 atom stereocenters. The van der Waals surface area contributed by atoms with E-state index in [4.69, 9.17) is 9.47 Å². The first-order chi connectivity index (χ1) is 20.3. The van der Waals surface area contributed by atoms with Gasteiger partial charge in [0.1, 0.15) is 12.1 Å². The summed E-state index contributed by atoms with van der Waals surface area (Å²) < 4.78 is 10.9. The van der Waals surface area contributed by atoms with Crippen molar-refractivity contribution >= 4 is 23.8 Å². The molecule has 1 aliphatic rings. The third-order valence-corrected chi connectivity index (χ3v) is 7.63. The molecule has 222 valence electrons. The maximum atomic E-state index is 13.9. The number of carbonyl (C=O) groups is 3. The predicted molar refractivity (Wildman–Crippen MR) is 157 cm³/mol. The Hall–Kier alpha value is -4.41. The zero-order chi connectivity index (χ0) is 30.1. The highest BCUT2D eigenvalue weighted by atomic mass is 16.5. The number of methoxy groups -OCH3 is 1. The third-order valence-electron chi connectivity index (χ3n) is 7.63. The van der Waals surface area contributed by atoms with Crippen molar-refractivity contribution in [3.8, 4) is 0 Å². The number of nitrogens with zero attached hydrogens (tertiary/aromatic N) is 1. The van der Waals surface area contributed by atoms with E-state index in [2.05, 4.69) is 10.6 Å². The van der Waals surface area contributed by atoms with Crippen LogP contribution < -0.4 is 10.6 Å². The molecule has 1 fully saturated rings. The topological polar surface area (TPSA) is 137 Å². The van der Waals surface area contributed by atoms with Gasteiger partial charge in [-0.3, -0.25) is 4.79 Å². The maximum Gasteiger partial charge on any atom is 0.407 e. The number of anilines is 1. The minimum absolute atomic E-state index is 0.183. The van der Waals surface area contributed by atoms with Crippen molar-refractivity contribution in [3.63, 3.8) is 0 Å².